The van der Waals surface area contributed by atoms with Gasteiger partial charge < -0.3 is 10.2 Å². The molecule has 0 aliphatic carbocycles. The lowest BCUT2D eigenvalue weighted by atomic mass is 10.1. The standard InChI is InChI=1S/C18H17F3N2OS/c19-18(20,21)25-12-17(24)22-15-7-3-1-6-14(15)11-23-10-9-13-5-2-4-8-16(13)23/h1-8H,9-12H2,(H,22,24). The Morgan fingerprint density at radius 3 is 2.64 bits per heavy atom. The van der Waals surface area contributed by atoms with E-state index in [1.807, 2.05) is 24.3 Å². The van der Waals surface area contributed by atoms with Crippen LogP contribution in [0, 0.1) is 0 Å². The molecule has 2 aromatic carbocycles. The molecule has 0 unspecified atom stereocenters. The highest BCUT2D eigenvalue weighted by Gasteiger charge is 2.29. The van der Waals surface area contributed by atoms with E-state index in [2.05, 4.69) is 22.3 Å². The maximum Gasteiger partial charge on any atom is 0.442 e. The third kappa shape index (κ3) is 4.69. The Balaban J connectivity index is 1.69. The second kappa shape index (κ2) is 7.39. The molecule has 0 saturated carbocycles. The van der Waals surface area contributed by atoms with E-state index in [4.69, 9.17) is 0 Å². The Morgan fingerprint density at radius 2 is 1.84 bits per heavy atom. The number of thioether (sulfide) groups is 1. The van der Waals surface area contributed by atoms with Gasteiger partial charge in [-0.15, -0.1) is 0 Å². The van der Waals surface area contributed by atoms with Crippen LogP contribution in [0.5, 0.6) is 0 Å². The highest BCUT2D eigenvalue weighted by Crippen LogP contribution is 2.31. The third-order valence-corrected chi connectivity index (χ3v) is 4.74. The Hall–Kier alpha value is -2.15. The number of carbonyl (C=O) groups excluding carboxylic acids is 1. The molecule has 0 aromatic heterocycles. The molecule has 0 bridgehead atoms. The molecule has 1 N–H and O–H groups in total. The predicted molar refractivity (Wildman–Crippen MR) is 94.8 cm³/mol. The number of halogens is 3. The second-order valence-corrected chi connectivity index (χ2v) is 6.78. The lowest BCUT2D eigenvalue weighted by Crippen LogP contribution is -2.22. The van der Waals surface area contributed by atoms with Crippen molar-refractivity contribution in [1.82, 2.24) is 0 Å². The average Bonchev–Trinajstić information content (AvgIpc) is 2.97. The number of benzene rings is 2. The van der Waals surface area contributed by atoms with Gasteiger partial charge in [-0.3, -0.25) is 4.79 Å². The Bertz CT molecular complexity index is 764. The molecule has 0 radical (unpaired) electrons. The van der Waals surface area contributed by atoms with Crippen molar-refractivity contribution in [3.05, 3.63) is 59.7 Å². The summed E-state index contributed by atoms with van der Waals surface area (Å²) < 4.78 is 36.7. The Kier molecular flexibility index (Phi) is 5.22. The molecule has 1 amide bonds. The second-order valence-electron chi connectivity index (χ2n) is 5.74. The van der Waals surface area contributed by atoms with Gasteiger partial charge in [0.1, 0.15) is 0 Å². The number of alkyl halides is 3. The van der Waals surface area contributed by atoms with E-state index < -0.39 is 17.2 Å². The Morgan fingerprint density at radius 1 is 1.12 bits per heavy atom. The molecule has 7 heteroatoms. The van der Waals surface area contributed by atoms with Gasteiger partial charge in [0.25, 0.3) is 0 Å². The summed E-state index contributed by atoms with van der Waals surface area (Å²) >= 11 is -0.332. The van der Waals surface area contributed by atoms with E-state index in [1.165, 1.54) is 5.56 Å². The number of hydrogen-bond acceptors (Lipinski definition) is 3. The summed E-state index contributed by atoms with van der Waals surface area (Å²) in [5.41, 5.74) is -0.526. The van der Waals surface area contributed by atoms with Crippen LogP contribution in [0.25, 0.3) is 0 Å². The summed E-state index contributed by atoms with van der Waals surface area (Å²) in [6.45, 7) is 1.48. The number of rotatable bonds is 5. The normalized spacial score (nSPS) is 13.6. The molecule has 132 valence electrons. The van der Waals surface area contributed by atoms with Crippen molar-refractivity contribution in [2.24, 2.45) is 0 Å². The number of amides is 1. The summed E-state index contributed by atoms with van der Waals surface area (Å²) in [5.74, 6) is -1.30. The molecule has 1 aliphatic heterocycles. The van der Waals surface area contributed by atoms with E-state index in [9.17, 15) is 18.0 Å². The van der Waals surface area contributed by atoms with Gasteiger partial charge in [-0.05, 0) is 41.4 Å². The summed E-state index contributed by atoms with van der Waals surface area (Å²) in [6, 6.07) is 15.4. The number of para-hydroxylation sites is 2. The van der Waals surface area contributed by atoms with E-state index in [0.717, 1.165) is 24.2 Å². The minimum Gasteiger partial charge on any atom is -0.367 e. The van der Waals surface area contributed by atoms with Crippen molar-refractivity contribution in [3.63, 3.8) is 0 Å². The van der Waals surface area contributed by atoms with Crippen LogP contribution < -0.4 is 10.2 Å². The minimum atomic E-state index is -4.41. The zero-order chi connectivity index (χ0) is 17.9. The monoisotopic (exact) mass is 366 g/mol. The number of anilines is 2. The molecule has 0 spiro atoms. The highest BCUT2D eigenvalue weighted by molar-refractivity contribution is 8.00. The summed E-state index contributed by atoms with van der Waals surface area (Å²) in [7, 11) is 0. The van der Waals surface area contributed by atoms with Crippen molar-refractivity contribution in [3.8, 4) is 0 Å². The van der Waals surface area contributed by atoms with Gasteiger partial charge in [-0.2, -0.15) is 13.2 Å². The SMILES string of the molecule is O=C(CSC(F)(F)F)Nc1ccccc1CN1CCc2ccccc21. The summed E-state index contributed by atoms with van der Waals surface area (Å²) in [5, 5.41) is 2.59. The highest BCUT2D eigenvalue weighted by atomic mass is 32.2. The first-order valence-electron chi connectivity index (χ1n) is 7.84. The van der Waals surface area contributed by atoms with Crippen molar-refractivity contribution in [2.75, 3.05) is 22.5 Å². The quantitative estimate of drug-likeness (QED) is 0.849. The average molecular weight is 366 g/mol. The molecular formula is C18H17F3N2OS. The van der Waals surface area contributed by atoms with Crippen LogP contribution in [0.1, 0.15) is 11.1 Å². The molecule has 3 rings (SSSR count). The maximum atomic E-state index is 12.2. The maximum absolute atomic E-state index is 12.2. The van der Waals surface area contributed by atoms with Crippen LogP contribution in [-0.4, -0.2) is 23.7 Å². The molecule has 1 heterocycles. The number of hydrogen-bond donors (Lipinski definition) is 1. The van der Waals surface area contributed by atoms with E-state index in [-0.39, 0.29) is 11.8 Å². The zero-order valence-corrected chi connectivity index (χ0v) is 14.2. The predicted octanol–water partition coefficient (Wildman–Crippen LogP) is 4.44. The fourth-order valence-corrected chi connectivity index (χ4v) is 3.26. The van der Waals surface area contributed by atoms with E-state index >= 15 is 0 Å². The van der Waals surface area contributed by atoms with Crippen LogP contribution in [-0.2, 0) is 17.8 Å². The fraction of sp³-hybridized carbons (Fsp3) is 0.278. The van der Waals surface area contributed by atoms with Crippen LogP contribution in [0.4, 0.5) is 24.5 Å². The first kappa shape index (κ1) is 17.7. The number of fused-ring (bicyclic) bond motifs is 1. The van der Waals surface area contributed by atoms with Crippen LogP contribution in [0.15, 0.2) is 48.5 Å². The van der Waals surface area contributed by atoms with Crippen molar-refractivity contribution in [2.45, 2.75) is 18.5 Å². The number of nitrogens with zero attached hydrogens (tertiary/aromatic N) is 1. The Labute approximate surface area is 148 Å². The van der Waals surface area contributed by atoms with Gasteiger partial charge in [0.2, 0.25) is 5.91 Å². The number of carbonyl (C=O) groups is 1. The van der Waals surface area contributed by atoms with Gasteiger partial charge in [0, 0.05) is 24.5 Å². The van der Waals surface area contributed by atoms with E-state index in [0.29, 0.717) is 12.2 Å². The number of nitrogens with one attached hydrogen (secondary N) is 1. The minimum absolute atomic E-state index is 0.332. The van der Waals surface area contributed by atoms with Gasteiger partial charge in [0.05, 0.1) is 5.75 Å². The largest absolute Gasteiger partial charge is 0.442 e. The molecular weight excluding hydrogens is 349 g/mol. The first-order chi connectivity index (χ1) is 11.9. The summed E-state index contributed by atoms with van der Waals surface area (Å²) in [6.07, 6.45) is 0.965. The smallest absolute Gasteiger partial charge is 0.367 e. The zero-order valence-electron chi connectivity index (χ0n) is 13.3. The lowest BCUT2D eigenvalue weighted by molar-refractivity contribution is -0.114. The van der Waals surface area contributed by atoms with Gasteiger partial charge >= 0.3 is 5.51 Å². The molecule has 1 aliphatic rings. The molecule has 0 atom stereocenters. The van der Waals surface area contributed by atoms with Crippen molar-refractivity contribution in [1.29, 1.82) is 0 Å². The molecule has 3 nitrogen and oxygen atoms in total. The van der Waals surface area contributed by atoms with Crippen molar-refractivity contribution >= 4 is 29.0 Å². The van der Waals surface area contributed by atoms with Crippen molar-refractivity contribution < 1.29 is 18.0 Å². The van der Waals surface area contributed by atoms with Gasteiger partial charge in [0.15, 0.2) is 0 Å². The molecule has 2 aromatic rings. The van der Waals surface area contributed by atoms with Gasteiger partial charge in [-0.1, -0.05) is 36.4 Å². The molecule has 25 heavy (non-hydrogen) atoms. The van der Waals surface area contributed by atoms with Crippen LogP contribution in [0.3, 0.4) is 0 Å². The van der Waals surface area contributed by atoms with Crippen LogP contribution >= 0.6 is 11.8 Å². The van der Waals surface area contributed by atoms with Gasteiger partial charge in [-0.25, -0.2) is 0 Å². The fourth-order valence-electron chi connectivity index (χ4n) is 2.89. The van der Waals surface area contributed by atoms with Crippen LogP contribution in [0.2, 0.25) is 0 Å². The van der Waals surface area contributed by atoms with E-state index in [1.54, 1.807) is 12.1 Å². The first-order valence-corrected chi connectivity index (χ1v) is 8.82. The molecule has 0 saturated heterocycles. The summed E-state index contributed by atoms with van der Waals surface area (Å²) in [4.78, 5) is 14.0. The third-order valence-electron chi connectivity index (χ3n) is 4.00. The lowest BCUT2D eigenvalue weighted by Gasteiger charge is -2.21. The topological polar surface area (TPSA) is 32.3 Å². The molecule has 0 fully saturated rings.